The van der Waals surface area contributed by atoms with E-state index in [1.54, 1.807) is 0 Å². The molecule has 0 aromatic rings. The van der Waals surface area contributed by atoms with Crippen LogP contribution in [0.5, 0.6) is 0 Å². The smallest absolute Gasteiger partial charge is 0.306 e. The van der Waals surface area contributed by atoms with E-state index >= 15 is 0 Å². The number of hydrogen-bond acceptors (Lipinski definition) is 6. The van der Waals surface area contributed by atoms with Crippen molar-refractivity contribution in [2.75, 3.05) is 13.2 Å². The van der Waals surface area contributed by atoms with Crippen LogP contribution in [-0.2, 0) is 28.6 Å². The van der Waals surface area contributed by atoms with Crippen molar-refractivity contribution in [3.8, 4) is 0 Å². The maximum atomic E-state index is 12.9. The molecule has 0 heterocycles. The van der Waals surface area contributed by atoms with Crippen LogP contribution in [0.2, 0.25) is 0 Å². The molecule has 0 aliphatic heterocycles. The number of rotatable bonds is 55. The van der Waals surface area contributed by atoms with Gasteiger partial charge in [-0.3, -0.25) is 14.4 Å². The molecule has 0 spiro atoms. The van der Waals surface area contributed by atoms with Gasteiger partial charge in [0.1, 0.15) is 13.2 Å². The quantitative estimate of drug-likeness (QED) is 0.0343. The maximum absolute atomic E-state index is 12.9. The molecule has 0 aliphatic carbocycles. The summed E-state index contributed by atoms with van der Waals surface area (Å²) < 4.78 is 16.9. The Morgan fingerprint density at radius 2 is 0.515 bits per heavy atom. The van der Waals surface area contributed by atoms with Gasteiger partial charge in [0.05, 0.1) is 0 Å². The van der Waals surface area contributed by atoms with E-state index in [9.17, 15) is 14.4 Å². The second-order valence-corrected chi connectivity index (χ2v) is 22.5. The van der Waals surface area contributed by atoms with Crippen LogP contribution < -0.4 is 0 Å². The summed E-state index contributed by atoms with van der Waals surface area (Å²) in [6, 6.07) is 0. The number of unbranched alkanes of at least 4 members (excludes halogenated alkanes) is 37. The van der Waals surface area contributed by atoms with Crippen molar-refractivity contribution in [3.63, 3.8) is 0 Å². The Morgan fingerprint density at radius 1 is 0.294 bits per heavy atom. The normalized spacial score (nSPS) is 12.5. The first-order chi connectivity index (χ1) is 33.1. The van der Waals surface area contributed by atoms with E-state index in [4.69, 9.17) is 14.2 Å². The molecule has 0 saturated heterocycles. The van der Waals surface area contributed by atoms with Gasteiger partial charge in [0.15, 0.2) is 6.10 Å². The van der Waals surface area contributed by atoms with Gasteiger partial charge in [0, 0.05) is 19.3 Å². The fraction of sp³-hybridized carbons (Fsp3) is 0.952. The molecule has 0 aliphatic rings. The van der Waals surface area contributed by atoms with E-state index < -0.39 is 6.10 Å². The highest BCUT2D eigenvalue weighted by Crippen LogP contribution is 2.19. The average Bonchev–Trinajstić information content (AvgIpc) is 3.31. The Hall–Kier alpha value is -1.59. The van der Waals surface area contributed by atoms with Crippen LogP contribution in [0.3, 0.4) is 0 Å². The van der Waals surface area contributed by atoms with Gasteiger partial charge < -0.3 is 14.2 Å². The Kier molecular flexibility index (Phi) is 52.0. The summed E-state index contributed by atoms with van der Waals surface area (Å²) in [5.41, 5.74) is 0. The van der Waals surface area contributed by atoms with Gasteiger partial charge in [0.2, 0.25) is 0 Å². The van der Waals surface area contributed by atoms with Crippen LogP contribution in [0.25, 0.3) is 0 Å². The first-order valence-corrected chi connectivity index (χ1v) is 30.6. The summed E-state index contributed by atoms with van der Waals surface area (Å²) in [4.78, 5) is 38.2. The molecule has 0 saturated carbocycles. The summed E-state index contributed by atoms with van der Waals surface area (Å²) in [6.07, 6.45) is 56.6. The first kappa shape index (κ1) is 66.4. The second-order valence-electron chi connectivity index (χ2n) is 22.5. The Morgan fingerprint density at radius 3 is 0.765 bits per heavy atom. The van der Waals surface area contributed by atoms with E-state index in [1.165, 1.54) is 225 Å². The number of hydrogen-bond donors (Lipinski definition) is 0. The molecule has 6 heteroatoms. The molecular formula is C62H120O6. The monoisotopic (exact) mass is 961 g/mol. The highest BCUT2D eigenvalue weighted by Gasteiger charge is 2.19. The molecule has 1 unspecified atom stereocenters. The molecule has 0 radical (unpaired) electrons. The highest BCUT2D eigenvalue weighted by molar-refractivity contribution is 5.71. The van der Waals surface area contributed by atoms with Crippen LogP contribution in [-0.4, -0.2) is 37.2 Å². The minimum absolute atomic E-state index is 0.0630. The van der Waals surface area contributed by atoms with E-state index in [-0.39, 0.29) is 31.1 Å². The van der Waals surface area contributed by atoms with Crippen LogP contribution >= 0.6 is 0 Å². The van der Waals surface area contributed by atoms with E-state index in [1.807, 2.05) is 0 Å². The summed E-state index contributed by atoms with van der Waals surface area (Å²) in [5.74, 6) is 1.73. The number of ether oxygens (including phenoxy) is 3. The standard InChI is InChI=1S/C62H120O6/c1-7-58(6)50-44-38-32-26-20-14-8-9-15-21-27-33-39-45-51-60(63)66-54-59(68-62(65)53-47-41-35-29-23-17-11-13-19-25-31-37-43-49-57(4)5)55-67-61(64)52-46-40-34-28-22-16-10-12-18-24-30-36-42-48-56(2)3/h56-59H,7-55H2,1-6H3/t58?,59-/m0/s1. The van der Waals surface area contributed by atoms with Crippen LogP contribution in [0.15, 0.2) is 0 Å². The average molecular weight is 962 g/mol. The molecule has 0 fully saturated rings. The first-order valence-electron chi connectivity index (χ1n) is 30.6. The van der Waals surface area contributed by atoms with E-state index in [2.05, 4.69) is 41.5 Å². The topological polar surface area (TPSA) is 78.9 Å². The maximum Gasteiger partial charge on any atom is 0.306 e. The lowest BCUT2D eigenvalue weighted by Gasteiger charge is -2.18. The molecule has 0 aromatic heterocycles. The lowest BCUT2D eigenvalue weighted by molar-refractivity contribution is -0.167. The van der Waals surface area contributed by atoms with Gasteiger partial charge in [-0.05, 0) is 37.0 Å². The summed E-state index contributed by atoms with van der Waals surface area (Å²) in [5, 5.41) is 0. The minimum atomic E-state index is -0.764. The largest absolute Gasteiger partial charge is 0.462 e. The van der Waals surface area contributed by atoms with Crippen LogP contribution in [0, 0.1) is 17.8 Å². The minimum Gasteiger partial charge on any atom is -0.462 e. The molecule has 0 bridgehead atoms. The molecule has 0 aromatic carbocycles. The fourth-order valence-corrected chi connectivity index (χ4v) is 9.50. The molecular weight excluding hydrogens is 841 g/mol. The fourth-order valence-electron chi connectivity index (χ4n) is 9.50. The van der Waals surface area contributed by atoms with Crippen LogP contribution in [0.4, 0.5) is 0 Å². The SMILES string of the molecule is CCC(C)CCCCCCCCCCCCCCCCC(=O)OC[C@@H](COC(=O)CCCCCCCCCCCCCCCC(C)C)OC(=O)CCCCCCCCCCCCCCCC(C)C. The van der Waals surface area contributed by atoms with Crippen molar-refractivity contribution >= 4 is 17.9 Å². The summed E-state index contributed by atoms with van der Waals surface area (Å²) in [7, 11) is 0. The van der Waals surface area contributed by atoms with Crippen molar-refractivity contribution in [3.05, 3.63) is 0 Å². The number of carbonyl (C=O) groups is 3. The lowest BCUT2D eigenvalue weighted by Crippen LogP contribution is -2.30. The predicted molar refractivity (Wildman–Crippen MR) is 293 cm³/mol. The Bertz CT molecular complexity index is 1060. The van der Waals surface area contributed by atoms with Crippen molar-refractivity contribution < 1.29 is 28.6 Å². The lowest BCUT2D eigenvalue weighted by atomic mass is 9.99. The third-order valence-corrected chi connectivity index (χ3v) is 14.5. The van der Waals surface area contributed by atoms with E-state index in [0.29, 0.717) is 19.3 Å². The van der Waals surface area contributed by atoms with Gasteiger partial charge in [-0.25, -0.2) is 0 Å². The van der Waals surface area contributed by atoms with Crippen molar-refractivity contribution in [2.45, 2.75) is 349 Å². The molecule has 68 heavy (non-hydrogen) atoms. The predicted octanol–water partition coefficient (Wildman–Crippen LogP) is 20.3. The summed E-state index contributed by atoms with van der Waals surface area (Å²) in [6.45, 7) is 13.8. The Labute approximate surface area is 425 Å². The van der Waals surface area contributed by atoms with Gasteiger partial charge in [0.25, 0.3) is 0 Å². The molecule has 2 atom stereocenters. The third-order valence-electron chi connectivity index (χ3n) is 14.5. The summed E-state index contributed by atoms with van der Waals surface area (Å²) >= 11 is 0. The molecule has 0 amide bonds. The molecule has 0 N–H and O–H groups in total. The molecule has 0 rings (SSSR count). The van der Waals surface area contributed by atoms with Gasteiger partial charge >= 0.3 is 17.9 Å². The zero-order chi connectivity index (χ0) is 49.8. The van der Waals surface area contributed by atoms with Crippen molar-refractivity contribution in [1.82, 2.24) is 0 Å². The zero-order valence-electron chi connectivity index (χ0n) is 46.9. The van der Waals surface area contributed by atoms with E-state index in [0.717, 1.165) is 75.5 Å². The highest BCUT2D eigenvalue weighted by atomic mass is 16.6. The third kappa shape index (κ3) is 53.8. The van der Waals surface area contributed by atoms with Gasteiger partial charge in [-0.1, -0.05) is 305 Å². The van der Waals surface area contributed by atoms with Gasteiger partial charge in [-0.2, -0.15) is 0 Å². The number of carbonyl (C=O) groups excluding carboxylic acids is 3. The number of esters is 3. The Balaban J connectivity index is 4.30. The van der Waals surface area contributed by atoms with Crippen molar-refractivity contribution in [1.29, 1.82) is 0 Å². The zero-order valence-corrected chi connectivity index (χ0v) is 46.9. The van der Waals surface area contributed by atoms with Gasteiger partial charge in [-0.15, -0.1) is 0 Å². The molecule has 404 valence electrons. The van der Waals surface area contributed by atoms with Crippen molar-refractivity contribution in [2.24, 2.45) is 17.8 Å². The van der Waals surface area contributed by atoms with Crippen LogP contribution in [0.1, 0.15) is 343 Å². The molecule has 6 nitrogen and oxygen atoms in total. The second kappa shape index (κ2) is 53.2.